The summed E-state index contributed by atoms with van der Waals surface area (Å²) in [6, 6.07) is 0. The fourth-order valence-electron chi connectivity index (χ4n) is 0.684. The third kappa shape index (κ3) is 8.50. The van der Waals surface area contributed by atoms with Crippen molar-refractivity contribution in [3.05, 3.63) is 18.1 Å². The van der Waals surface area contributed by atoms with Crippen LogP contribution < -0.4 is 10.1 Å². The van der Waals surface area contributed by atoms with E-state index < -0.39 is 0 Å². The molecule has 104 valence electrons. The zero-order valence-corrected chi connectivity index (χ0v) is 12.3. The first-order valence-corrected chi connectivity index (χ1v) is 6.27. The Kier molecular flexibility index (Phi) is 13.9. The van der Waals surface area contributed by atoms with Gasteiger partial charge in [0.1, 0.15) is 5.69 Å². The van der Waals surface area contributed by atoms with Crippen molar-refractivity contribution >= 4 is 5.91 Å². The van der Waals surface area contributed by atoms with E-state index in [0.717, 1.165) is 0 Å². The van der Waals surface area contributed by atoms with Gasteiger partial charge in [-0.05, 0) is 0 Å². The Morgan fingerprint density at radius 1 is 1.28 bits per heavy atom. The molecule has 0 saturated carbocycles. The molecule has 1 rings (SSSR count). The molecule has 0 unspecified atom stereocenters. The topological polar surface area (TPSA) is 64.1 Å². The Hall–Kier alpha value is -1.65. The lowest BCUT2D eigenvalue weighted by Gasteiger charge is -2.00. The van der Waals surface area contributed by atoms with Crippen LogP contribution in [-0.2, 0) is 0 Å². The number of rotatable bonds is 3. The van der Waals surface area contributed by atoms with Crippen molar-refractivity contribution in [2.45, 2.75) is 40.5 Å². The first kappa shape index (κ1) is 18.7. The van der Waals surface area contributed by atoms with Crippen molar-refractivity contribution in [1.82, 2.24) is 15.3 Å². The molecule has 1 heterocycles. The van der Waals surface area contributed by atoms with Crippen LogP contribution in [0.5, 0.6) is 5.88 Å². The van der Waals surface area contributed by atoms with Crippen LogP contribution in [0.15, 0.2) is 12.4 Å². The molecular formula is C13H25N3O2. The number of hydrogen-bond acceptors (Lipinski definition) is 4. The minimum absolute atomic E-state index is 0.247. The van der Waals surface area contributed by atoms with Gasteiger partial charge in [0.05, 0.1) is 19.5 Å². The van der Waals surface area contributed by atoms with Gasteiger partial charge in [0.25, 0.3) is 5.91 Å². The standard InChI is InChI=1S/C7H9N3O2.C4H10.C2H6/c1-8-7(11)5-3-9-4-6(10-5)12-2;1-3-4-2;1-2/h3-4H,1-2H3,(H,8,11);3-4H2,1-2H3;1-2H3. The van der Waals surface area contributed by atoms with Crippen LogP contribution >= 0.6 is 0 Å². The van der Waals surface area contributed by atoms with Gasteiger partial charge in [-0.3, -0.25) is 9.78 Å². The van der Waals surface area contributed by atoms with Gasteiger partial charge in [-0.15, -0.1) is 0 Å². The maximum atomic E-state index is 11.0. The highest BCUT2D eigenvalue weighted by Gasteiger charge is 2.05. The molecule has 1 aromatic heterocycles. The molecule has 0 bridgehead atoms. The van der Waals surface area contributed by atoms with E-state index in [9.17, 15) is 4.79 Å². The van der Waals surface area contributed by atoms with E-state index in [2.05, 4.69) is 29.1 Å². The molecule has 0 aromatic carbocycles. The summed E-state index contributed by atoms with van der Waals surface area (Å²) in [5.41, 5.74) is 0.247. The Morgan fingerprint density at radius 3 is 2.22 bits per heavy atom. The number of unbranched alkanes of at least 4 members (excludes halogenated alkanes) is 1. The van der Waals surface area contributed by atoms with Crippen molar-refractivity contribution in [1.29, 1.82) is 0 Å². The Bertz CT molecular complexity index is 315. The summed E-state index contributed by atoms with van der Waals surface area (Å²) in [6.45, 7) is 8.36. The number of amides is 1. The average Bonchev–Trinajstić information content (AvgIpc) is 2.48. The Labute approximate surface area is 110 Å². The summed E-state index contributed by atoms with van der Waals surface area (Å²) in [5.74, 6) is 0.0532. The number of carbonyl (C=O) groups is 1. The molecule has 18 heavy (non-hydrogen) atoms. The third-order valence-electron chi connectivity index (χ3n) is 1.78. The smallest absolute Gasteiger partial charge is 0.271 e. The number of nitrogens with zero attached hydrogens (tertiary/aromatic N) is 2. The van der Waals surface area contributed by atoms with Gasteiger partial charge >= 0.3 is 0 Å². The van der Waals surface area contributed by atoms with Crippen LogP contribution in [0, 0.1) is 0 Å². The van der Waals surface area contributed by atoms with E-state index in [1.54, 1.807) is 0 Å². The van der Waals surface area contributed by atoms with Gasteiger partial charge in [0, 0.05) is 7.05 Å². The quantitative estimate of drug-likeness (QED) is 0.902. The maximum absolute atomic E-state index is 11.0. The SMILES string of the molecule is CC.CCCC.CNC(=O)c1cncc(OC)n1. The first-order valence-electron chi connectivity index (χ1n) is 6.27. The number of hydrogen-bond donors (Lipinski definition) is 1. The molecular weight excluding hydrogens is 230 g/mol. The number of ether oxygens (including phenoxy) is 1. The molecule has 1 amide bonds. The summed E-state index contributed by atoms with van der Waals surface area (Å²) >= 11 is 0. The summed E-state index contributed by atoms with van der Waals surface area (Å²) < 4.78 is 4.80. The lowest BCUT2D eigenvalue weighted by molar-refractivity contribution is 0.0957. The van der Waals surface area contributed by atoms with Crippen LogP contribution in [0.4, 0.5) is 0 Å². The van der Waals surface area contributed by atoms with Crippen molar-refractivity contribution in [3.8, 4) is 5.88 Å². The van der Waals surface area contributed by atoms with Crippen LogP contribution in [-0.4, -0.2) is 30.0 Å². The summed E-state index contributed by atoms with van der Waals surface area (Å²) in [6.07, 6.45) is 5.45. The number of aromatic nitrogens is 2. The molecule has 1 aromatic rings. The summed E-state index contributed by atoms with van der Waals surface area (Å²) in [4.78, 5) is 18.7. The molecule has 5 nitrogen and oxygen atoms in total. The lowest BCUT2D eigenvalue weighted by Crippen LogP contribution is -2.19. The van der Waals surface area contributed by atoms with Crippen molar-refractivity contribution < 1.29 is 9.53 Å². The predicted molar refractivity (Wildman–Crippen MR) is 73.9 cm³/mol. The van der Waals surface area contributed by atoms with Gasteiger partial charge in [-0.1, -0.05) is 40.5 Å². The highest BCUT2D eigenvalue weighted by atomic mass is 16.5. The van der Waals surface area contributed by atoms with Crippen LogP contribution in [0.2, 0.25) is 0 Å². The van der Waals surface area contributed by atoms with E-state index in [0.29, 0.717) is 5.88 Å². The molecule has 0 radical (unpaired) electrons. The fourth-order valence-corrected chi connectivity index (χ4v) is 0.684. The molecule has 0 aliphatic carbocycles. The third-order valence-corrected chi connectivity index (χ3v) is 1.78. The van der Waals surface area contributed by atoms with E-state index in [-0.39, 0.29) is 11.6 Å². The molecule has 1 N–H and O–H groups in total. The van der Waals surface area contributed by atoms with Crippen LogP contribution in [0.1, 0.15) is 51.0 Å². The number of carbonyl (C=O) groups excluding carboxylic acids is 1. The van der Waals surface area contributed by atoms with E-state index >= 15 is 0 Å². The van der Waals surface area contributed by atoms with E-state index in [1.807, 2.05) is 13.8 Å². The second kappa shape index (κ2) is 13.4. The molecule has 0 fully saturated rings. The van der Waals surface area contributed by atoms with Crippen molar-refractivity contribution in [2.24, 2.45) is 0 Å². The van der Waals surface area contributed by atoms with Gasteiger partial charge < -0.3 is 10.1 Å². The monoisotopic (exact) mass is 255 g/mol. The van der Waals surface area contributed by atoms with Gasteiger partial charge in [-0.2, -0.15) is 0 Å². The lowest BCUT2D eigenvalue weighted by atomic mass is 10.4. The molecule has 0 atom stereocenters. The number of nitrogens with one attached hydrogen (secondary N) is 1. The maximum Gasteiger partial charge on any atom is 0.271 e. The molecule has 0 spiro atoms. The highest BCUT2D eigenvalue weighted by molar-refractivity contribution is 5.91. The minimum Gasteiger partial charge on any atom is -0.480 e. The van der Waals surface area contributed by atoms with Gasteiger partial charge in [0.15, 0.2) is 0 Å². The molecule has 0 saturated heterocycles. The first-order chi connectivity index (χ1) is 8.69. The van der Waals surface area contributed by atoms with E-state index in [1.165, 1.54) is 39.4 Å². The van der Waals surface area contributed by atoms with Gasteiger partial charge in [0.2, 0.25) is 5.88 Å². The average molecular weight is 255 g/mol. The molecule has 0 aliphatic heterocycles. The Balaban J connectivity index is 0. The highest BCUT2D eigenvalue weighted by Crippen LogP contribution is 2.02. The number of methoxy groups -OCH3 is 1. The normalized spacial score (nSPS) is 8.11. The van der Waals surface area contributed by atoms with E-state index in [4.69, 9.17) is 4.74 Å². The fraction of sp³-hybridized carbons (Fsp3) is 0.615. The largest absolute Gasteiger partial charge is 0.480 e. The second-order valence-corrected chi connectivity index (χ2v) is 3.03. The van der Waals surface area contributed by atoms with Gasteiger partial charge in [-0.25, -0.2) is 4.98 Å². The second-order valence-electron chi connectivity index (χ2n) is 3.03. The molecule has 0 aliphatic rings. The van der Waals surface area contributed by atoms with Crippen molar-refractivity contribution in [2.75, 3.05) is 14.2 Å². The van der Waals surface area contributed by atoms with Crippen LogP contribution in [0.3, 0.4) is 0 Å². The zero-order chi connectivity index (χ0) is 14.4. The predicted octanol–water partition coefficient (Wildman–Crippen LogP) is 2.68. The molecule has 5 heteroatoms. The van der Waals surface area contributed by atoms with Crippen molar-refractivity contribution in [3.63, 3.8) is 0 Å². The Morgan fingerprint density at radius 2 is 1.83 bits per heavy atom. The minimum atomic E-state index is -0.276. The zero-order valence-electron chi connectivity index (χ0n) is 12.3. The summed E-state index contributed by atoms with van der Waals surface area (Å²) in [5, 5.41) is 2.44. The van der Waals surface area contributed by atoms with Crippen LogP contribution in [0.25, 0.3) is 0 Å². The summed E-state index contributed by atoms with van der Waals surface area (Å²) in [7, 11) is 3.00.